The fourth-order valence-corrected chi connectivity index (χ4v) is 2.71. The lowest BCUT2D eigenvalue weighted by Crippen LogP contribution is -2.37. The average Bonchev–Trinajstić information content (AvgIpc) is 2.63. The maximum absolute atomic E-state index is 12.2. The summed E-state index contributed by atoms with van der Waals surface area (Å²) in [6.07, 6.45) is 1.99. The molecule has 1 unspecified atom stereocenters. The first-order valence-corrected chi connectivity index (χ1v) is 8.47. The van der Waals surface area contributed by atoms with Crippen molar-refractivity contribution in [1.82, 2.24) is 10.3 Å². The van der Waals surface area contributed by atoms with Crippen molar-refractivity contribution >= 4 is 16.8 Å². The lowest BCUT2D eigenvalue weighted by Gasteiger charge is -2.15. The maximum Gasteiger partial charge on any atom is 0.260 e. The van der Waals surface area contributed by atoms with Crippen LogP contribution in [0.2, 0.25) is 0 Å². The Morgan fingerprint density at radius 3 is 2.68 bits per heavy atom. The summed E-state index contributed by atoms with van der Waals surface area (Å²) in [6.45, 7) is 4.33. The predicted octanol–water partition coefficient (Wildman–Crippen LogP) is 3.67. The minimum absolute atomic E-state index is 0.117. The first kappa shape index (κ1) is 17.0. The number of fused-ring (bicyclic) bond motifs is 1. The summed E-state index contributed by atoms with van der Waals surface area (Å²) >= 11 is 0. The van der Waals surface area contributed by atoms with Crippen LogP contribution in [0.25, 0.3) is 10.9 Å². The van der Waals surface area contributed by atoms with Crippen LogP contribution in [-0.2, 0) is 11.2 Å². The van der Waals surface area contributed by atoms with E-state index >= 15 is 0 Å². The Labute approximate surface area is 147 Å². The number of rotatable bonds is 6. The first-order chi connectivity index (χ1) is 12.1. The monoisotopic (exact) mass is 334 g/mol. The Morgan fingerprint density at radius 1 is 1.12 bits per heavy atom. The Kier molecular flexibility index (Phi) is 5.29. The van der Waals surface area contributed by atoms with E-state index in [1.54, 1.807) is 13.1 Å². The van der Waals surface area contributed by atoms with Gasteiger partial charge in [0.25, 0.3) is 5.91 Å². The number of hydrogen-bond donors (Lipinski definition) is 1. The van der Waals surface area contributed by atoms with Gasteiger partial charge in [0.15, 0.2) is 6.10 Å². The molecule has 0 radical (unpaired) electrons. The third-order valence-corrected chi connectivity index (χ3v) is 4.11. The van der Waals surface area contributed by atoms with Crippen molar-refractivity contribution in [2.75, 3.05) is 6.54 Å². The Bertz CT molecular complexity index is 854. The SMILES string of the molecule is Cc1ccc(OC(C)C(=O)NCCc2cccc3cccnc23)cc1. The van der Waals surface area contributed by atoms with Crippen LogP contribution < -0.4 is 10.1 Å². The molecule has 0 aliphatic rings. The number of pyridine rings is 1. The standard InChI is InChI=1S/C21H22N2O2/c1-15-8-10-19(11-9-15)25-16(2)21(24)23-14-12-18-6-3-5-17-7-4-13-22-20(17)18/h3-11,13,16H,12,14H2,1-2H3,(H,23,24). The van der Waals surface area contributed by atoms with E-state index in [0.29, 0.717) is 12.3 Å². The van der Waals surface area contributed by atoms with Crippen LogP contribution >= 0.6 is 0 Å². The topological polar surface area (TPSA) is 51.2 Å². The number of para-hydroxylation sites is 1. The van der Waals surface area contributed by atoms with Crippen molar-refractivity contribution in [2.45, 2.75) is 26.4 Å². The molecule has 1 atom stereocenters. The first-order valence-electron chi connectivity index (χ1n) is 8.47. The fraction of sp³-hybridized carbons (Fsp3) is 0.238. The van der Waals surface area contributed by atoms with Crippen LogP contribution in [0.4, 0.5) is 0 Å². The molecule has 4 nitrogen and oxygen atoms in total. The van der Waals surface area contributed by atoms with Crippen molar-refractivity contribution in [3.63, 3.8) is 0 Å². The fourth-order valence-electron chi connectivity index (χ4n) is 2.71. The molecule has 0 spiro atoms. The second-order valence-corrected chi connectivity index (χ2v) is 6.11. The molecule has 2 aromatic carbocycles. The molecule has 1 aromatic heterocycles. The lowest BCUT2D eigenvalue weighted by atomic mass is 10.1. The lowest BCUT2D eigenvalue weighted by molar-refractivity contribution is -0.127. The molecule has 0 saturated carbocycles. The van der Waals surface area contributed by atoms with Gasteiger partial charge >= 0.3 is 0 Å². The van der Waals surface area contributed by atoms with Gasteiger partial charge in [0.2, 0.25) is 0 Å². The zero-order valence-corrected chi connectivity index (χ0v) is 14.5. The number of ether oxygens (including phenoxy) is 1. The van der Waals surface area contributed by atoms with E-state index in [2.05, 4.69) is 10.3 Å². The maximum atomic E-state index is 12.2. The third-order valence-electron chi connectivity index (χ3n) is 4.11. The van der Waals surface area contributed by atoms with E-state index in [-0.39, 0.29) is 5.91 Å². The summed E-state index contributed by atoms with van der Waals surface area (Å²) in [5.41, 5.74) is 3.28. The summed E-state index contributed by atoms with van der Waals surface area (Å²) in [7, 11) is 0. The molecule has 128 valence electrons. The minimum atomic E-state index is -0.534. The van der Waals surface area contributed by atoms with Crippen LogP contribution in [0.3, 0.4) is 0 Å². The smallest absolute Gasteiger partial charge is 0.260 e. The summed E-state index contributed by atoms with van der Waals surface area (Å²) in [5, 5.41) is 4.05. The van der Waals surface area contributed by atoms with Gasteiger partial charge in [0.1, 0.15) is 5.75 Å². The molecular weight excluding hydrogens is 312 g/mol. The second kappa shape index (κ2) is 7.79. The minimum Gasteiger partial charge on any atom is -0.481 e. The second-order valence-electron chi connectivity index (χ2n) is 6.11. The zero-order valence-electron chi connectivity index (χ0n) is 14.5. The van der Waals surface area contributed by atoms with Crippen molar-refractivity contribution in [2.24, 2.45) is 0 Å². The number of aromatic nitrogens is 1. The largest absolute Gasteiger partial charge is 0.481 e. The van der Waals surface area contributed by atoms with Gasteiger partial charge in [-0.15, -0.1) is 0 Å². The predicted molar refractivity (Wildman–Crippen MR) is 99.7 cm³/mol. The Morgan fingerprint density at radius 2 is 1.88 bits per heavy atom. The summed E-state index contributed by atoms with van der Waals surface area (Å²) in [6, 6.07) is 17.8. The summed E-state index contributed by atoms with van der Waals surface area (Å²) in [5.74, 6) is 0.584. The Balaban J connectivity index is 1.54. The van der Waals surface area contributed by atoms with Crippen LogP contribution in [0, 0.1) is 6.92 Å². The normalized spacial score (nSPS) is 11.9. The molecule has 4 heteroatoms. The molecule has 0 aliphatic heterocycles. The Hall–Kier alpha value is -2.88. The highest BCUT2D eigenvalue weighted by Crippen LogP contribution is 2.16. The van der Waals surface area contributed by atoms with Crippen molar-refractivity contribution in [1.29, 1.82) is 0 Å². The van der Waals surface area contributed by atoms with E-state index in [1.165, 1.54) is 0 Å². The highest BCUT2D eigenvalue weighted by Gasteiger charge is 2.14. The highest BCUT2D eigenvalue weighted by molar-refractivity contribution is 5.82. The van der Waals surface area contributed by atoms with Gasteiger partial charge in [0.05, 0.1) is 5.52 Å². The van der Waals surface area contributed by atoms with Crippen LogP contribution in [0.15, 0.2) is 60.8 Å². The molecule has 25 heavy (non-hydrogen) atoms. The molecule has 3 aromatic rings. The van der Waals surface area contributed by atoms with E-state index < -0.39 is 6.10 Å². The quantitative estimate of drug-likeness (QED) is 0.748. The number of nitrogens with one attached hydrogen (secondary N) is 1. The summed E-state index contributed by atoms with van der Waals surface area (Å²) in [4.78, 5) is 16.7. The molecule has 0 aliphatic carbocycles. The van der Waals surface area contributed by atoms with E-state index in [0.717, 1.165) is 28.5 Å². The molecule has 0 saturated heterocycles. The van der Waals surface area contributed by atoms with Gasteiger partial charge in [-0.05, 0) is 44.0 Å². The molecule has 1 heterocycles. The number of amides is 1. The highest BCUT2D eigenvalue weighted by atomic mass is 16.5. The van der Waals surface area contributed by atoms with E-state index in [1.807, 2.05) is 61.5 Å². The number of carbonyl (C=O) groups excluding carboxylic acids is 1. The van der Waals surface area contributed by atoms with Crippen LogP contribution in [-0.4, -0.2) is 23.5 Å². The van der Waals surface area contributed by atoms with Gasteiger partial charge in [-0.2, -0.15) is 0 Å². The molecule has 1 amide bonds. The molecule has 0 bridgehead atoms. The number of benzene rings is 2. The number of hydrogen-bond acceptors (Lipinski definition) is 3. The van der Waals surface area contributed by atoms with E-state index in [9.17, 15) is 4.79 Å². The molecule has 1 N–H and O–H groups in total. The van der Waals surface area contributed by atoms with Crippen LogP contribution in [0.1, 0.15) is 18.1 Å². The summed E-state index contributed by atoms with van der Waals surface area (Å²) < 4.78 is 5.68. The molecule has 0 fully saturated rings. The van der Waals surface area contributed by atoms with Gasteiger partial charge in [0, 0.05) is 18.1 Å². The van der Waals surface area contributed by atoms with Crippen LogP contribution in [0.5, 0.6) is 5.75 Å². The number of nitrogens with zero attached hydrogens (tertiary/aromatic N) is 1. The zero-order chi connectivity index (χ0) is 17.6. The van der Waals surface area contributed by atoms with Gasteiger partial charge in [-0.25, -0.2) is 0 Å². The molecular formula is C21H22N2O2. The number of aryl methyl sites for hydroxylation is 1. The van der Waals surface area contributed by atoms with Crippen molar-refractivity contribution < 1.29 is 9.53 Å². The number of carbonyl (C=O) groups is 1. The van der Waals surface area contributed by atoms with Crippen molar-refractivity contribution in [3.8, 4) is 5.75 Å². The third kappa shape index (κ3) is 4.35. The van der Waals surface area contributed by atoms with Gasteiger partial charge in [-0.3, -0.25) is 9.78 Å². The van der Waals surface area contributed by atoms with Crippen molar-refractivity contribution in [3.05, 3.63) is 71.9 Å². The average molecular weight is 334 g/mol. The van der Waals surface area contributed by atoms with Gasteiger partial charge < -0.3 is 10.1 Å². The van der Waals surface area contributed by atoms with E-state index in [4.69, 9.17) is 4.74 Å². The molecule has 3 rings (SSSR count). The van der Waals surface area contributed by atoms with Gasteiger partial charge in [-0.1, -0.05) is 42.0 Å².